The third-order valence-electron chi connectivity index (χ3n) is 6.22. The molecule has 0 radical (unpaired) electrons. The monoisotopic (exact) mass is 507 g/mol. The first-order chi connectivity index (χ1) is 17.5. The molecule has 7 heteroatoms. The number of carbonyl (C=O) groups excluding carboxylic acids is 2. The van der Waals surface area contributed by atoms with Crippen LogP contribution in [0.4, 0.5) is 0 Å². The van der Waals surface area contributed by atoms with Gasteiger partial charge in [0, 0.05) is 27.4 Å². The van der Waals surface area contributed by atoms with Crippen molar-refractivity contribution < 1.29 is 28.5 Å². The predicted octanol–water partition coefficient (Wildman–Crippen LogP) is 6.93. The molecule has 2 unspecified atom stereocenters. The molecule has 0 saturated heterocycles. The number of aromatic nitrogens is 1. The van der Waals surface area contributed by atoms with Crippen LogP contribution in [0.3, 0.4) is 0 Å². The summed E-state index contributed by atoms with van der Waals surface area (Å²) in [5, 5.41) is 0. The molecule has 1 aromatic heterocycles. The molecule has 0 spiro atoms. The standard InChI is InChI=1S/C29H49NO6/c1-5-7-9-11-16-24(18-14-22-33-3)35-28(31)26-20-13-21-27(30-26)29(32)36-25(19-15-23-34-4)17-12-10-8-6-2/h13,20-21,24-25H,5-12,14-19,22-23H2,1-4H3. The smallest absolute Gasteiger partial charge is 0.357 e. The molecule has 0 bridgehead atoms. The van der Waals surface area contributed by atoms with Gasteiger partial charge in [0.2, 0.25) is 0 Å². The number of hydrogen-bond donors (Lipinski definition) is 0. The van der Waals surface area contributed by atoms with Gasteiger partial charge in [-0.05, 0) is 63.5 Å². The maximum Gasteiger partial charge on any atom is 0.357 e. The summed E-state index contributed by atoms with van der Waals surface area (Å²) in [7, 11) is 3.34. The summed E-state index contributed by atoms with van der Waals surface area (Å²) in [6.45, 7) is 5.61. The number of rotatable bonds is 22. The van der Waals surface area contributed by atoms with E-state index in [-0.39, 0.29) is 23.6 Å². The molecule has 2 atom stereocenters. The Morgan fingerprint density at radius 2 is 1.08 bits per heavy atom. The Morgan fingerprint density at radius 1 is 0.667 bits per heavy atom. The van der Waals surface area contributed by atoms with Gasteiger partial charge in [-0.1, -0.05) is 58.4 Å². The van der Waals surface area contributed by atoms with Gasteiger partial charge in [0.05, 0.1) is 0 Å². The highest BCUT2D eigenvalue weighted by Gasteiger charge is 2.21. The first-order valence-electron chi connectivity index (χ1n) is 13.9. The van der Waals surface area contributed by atoms with E-state index in [9.17, 15) is 9.59 Å². The second-order valence-electron chi connectivity index (χ2n) is 9.43. The molecule has 1 heterocycles. The van der Waals surface area contributed by atoms with Crippen LogP contribution in [0.15, 0.2) is 18.2 Å². The van der Waals surface area contributed by atoms with Crippen molar-refractivity contribution in [2.45, 2.75) is 116 Å². The van der Waals surface area contributed by atoms with E-state index in [0.717, 1.165) is 77.0 Å². The van der Waals surface area contributed by atoms with E-state index in [1.165, 1.54) is 12.8 Å². The van der Waals surface area contributed by atoms with Gasteiger partial charge in [-0.15, -0.1) is 0 Å². The molecule has 0 aliphatic carbocycles. The van der Waals surface area contributed by atoms with Gasteiger partial charge in [-0.2, -0.15) is 0 Å². The SMILES string of the molecule is CCCCCCC(CCCOC)OC(=O)c1cccc(C(=O)OC(CCCCCC)CCCOC)n1. The lowest BCUT2D eigenvalue weighted by molar-refractivity contribution is 0.0217. The molecule has 0 N–H and O–H groups in total. The number of hydrogen-bond acceptors (Lipinski definition) is 7. The van der Waals surface area contributed by atoms with Crippen LogP contribution in [0.2, 0.25) is 0 Å². The van der Waals surface area contributed by atoms with Crippen molar-refractivity contribution >= 4 is 11.9 Å². The fourth-order valence-corrected chi connectivity index (χ4v) is 4.12. The van der Waals surface area contributed by atoms with Crippen LogP contribution in [0, 0.1) is 0 Å². The number of nitrogens with zero attached hydrogens (tertiary/aromatic N) is 1. The summed E-state index contributed by atoms with van der Waals surface area (Å²) < 4.78 is 21.9. The minimum atomic E-state index is -0.501. The van der Waals surface area contributed by atoms with E-state index < -0.39 is 11.9 Å². The lowest BCUT2D eigenvalue weighted by Crippen LogP contribution is -2.22. The fraction of sp³-hybridized carbons (Fsp3) is 0.759. The summed E-state index contributed by atoms with van der Waals surface area (Å²) in [5.74, 6) is -1.00. The average molecular weight is 508 g/mol. The Balaban J connectivity index is 2.76. The number of methoxy groups -OCH3 is 2. The highest BCUT2D eigenvalue weighted by atomic mass is 16.5. The van der Waals surface area contributed by atoms with E-state index in [4.69, 9.17) is 18.9 Å². The zero-order valence-corrected chi connectivity index (χ0v) is 23.1. The van der Waals surface area contributed by atoms with E-state index in [1.807, 2.05) is 0 Å². The lowest BCUT2D eigenvalue weighted by atomic mass is 10.1. The molecular formula is C29H49NO6. The molecule has 0 amide bonds. The number of pyridine rings is 1. The quantitative estimate of drug-likeness (QED) is 0.124. The lowest BCUT2D eigenvalue weighted by Gasteiger charge is -2.19. The zero-order chi connectivity index (χ0) is 26.4. The summed E-state index contributed by atoms with van der Waals surface area (Å²) in [4.78, 5) is 30.0. The van der Waals surface area contributed by atoms with Crippen molar-refractivity contribution in [1.82, 2.24) is 4.98 Å². The van der Waals surface area contributed by atoms with Gasteiger partial charge in [0.25, 0.3) is 0 Å². The van der Waals surface area contributed by atoms with Gasteiger partial charge < -0.3 is 18.9 Å². The minimum Gasteiger partial charge on any atom is -0.458 e. The normalized spacial score (nSPS) is 12.8. The van der Waals surface area contributed by atoms with Crippen molar-refractivity contribution in [3.63, 3.8) is 0 Å². The van der Waals surface area contributed by atoms with Crippen LogP contribution in [-0.2, 0) is 18.9 Å². The third kappa shape index (κ3) is 14.5. The second-order valence-corrected chi connectivity index (χ2v) is 9.43. The molecule has 0 aliphatic heterocycles. The highest BCUT2D eigenvalue weighted by molar-refractivity contribution is 5.91. The van der Waals surface area contributed by atoms with E-state index in [1.54, 1.807) is 32.4 Å². The van der Waals surface area contributed by atoms with Crippen molar-refractivity contribution in [2.75, 3.05) is 27.4 Å². The molecule has 1 aromatic rings. The van der Waals surface area contributed by atoms with Crippen LogP contribution in [-0.4, -0.2) is 56.6 Å². The van der Waals surface area contributed by atoms with Crippen LogP contribution in [0.5, 0.6) is 0 Å². The number of carbonyl (C=O) groups is 2. The molecular weight excluding hydrogens is 458 g/mol. The van der Waals surface area contributed by atoms with E-state index in [0.29, 0.717) is 13.2 Å². The number of ether oxygens (including phenoxy) is 4. The molecule has 0 saturated carbocycles. The predicted molar refractivity (Wildman–Crippen MR) is 142 cm³/mol. The number of esters is 2. The van der Waals surface area contributed by atoms with E-state index in [2.05, 4.69) is 18.8 Å². The van der Waals surface area contributed by atoms with Crippen molar-refractivity contribution in [2.24, 2.45) is 0 Å². The first kappa shape index (κ1) is 32.0. The van der Waals surface area contributed by atoms with Crippen LogP contribution in [0.25, 0.3) is 0 Å². The third-order valence-corrected chi connectivity index (χ3v) is 6.22. The van der Waals surface area contributed by atoms with Crippen molar-refractivity contribution in [1.29, 1.82) is 0 Å². The van der Waals surface area contributed by atoms with E-state index >= 15 is 0 Å². The second kappa shape index (κ2) is 21.1. The van der Waals surface area contributed by atoms with Crippen molar-refractivity contribution in [3.05, 3.63) is 29.6 Å². The Bertz CT molecular complexity index is 656. The fourth-order valence-electron chi connectivity index (χ4n) is 4.12. The minimum absolute atomic E-state index is 0.133. The molecule has 7 nitrogen and oxygen atoms in total. The first-order valence-corrected chi connectivity index (χ1v) is 13.9. The topological polar surface area (TPSA) is 84.0 Å². The maximum atomic E-state index is 12.9. The Morgan fingerprint density at radius 3 is 1.47 bits per heavy atom. The van der Waals surface area contributed by atoms with Gasteiger partial charge in [-0.25, -0.2) is 14.6 Å². The van der Waals surface area contributed by atoms with Crippen LogP contribution >= 0.6 is 0 Å². The largest absolute Gasteiger partial charge is 0.458 e. The summed E-state index contributed by atoms with van der Waals surface area (Å²) in [6.07, 6.45) is 13.4. The maximum absolute atomic E-state index is 12.9. The molecule has 0 fully saturated rings. The molecule has 0 aromatic carbocycles. The van der Waals surface area contributed by atoms with Gasteiger partial charge in [-0.3, -0.25) is 0 Å². The Labute approximate surface area is 218 Å². The Kier molecular flexibility index (Phi) is 18.8. The molecule has 36 heavy (non-hydrogen) atoms. The number of unbranched alkanes of at least 4 members (excludes halogenated alkanes) is 6. The molecule has 1 rings (SSSR count). The van der Waals surface area contributed by atoms with Crippen molar-refractivity contribution in [3.8, 4) is 0 Å². The van der Waals surface area contributed by atoms with Gasteiger partial charge in [0.1, 0.15) is 23.6 Å². The molecule has 206 valence electrons. The van der Waals surface area contributed by atoms with Crippen LogP contribution < -0.4 is 0 Å². The summed E-state index contributed by atoms with van der Waals surface area (Å²) in [6, 6.07) is 4.83. The Hall–Kier alpha value is -1.99. The van der Waals surface area contributed by atoms with Gasteiger partial charge in [0.15, 0.2) is 0 Å². The summed E-state index contributed by atoms with van der Waals surface area (Å²) >= 11 is 0. The average Bonchev–Trinajstić information content (AvgIpc) is 2.89. The van der Waals surface area contributed by atoms with Gasteiger partial charge >= 0.3 is 11.9 Å². The molecule has 0 aliphatic rings. The zero-order valence-electron chi connectivity index (χ0n) is 23.1. The summed E-state index contributed by atoms with van der Waals surface area (Å²) in [5.41, 5.74) is 0.266. The van der Waals surface area contributed by atoms with Crippen LogP contribution in [0.1, 0.15) is 125 Å². The highest BCUT2D eigenvalue weighted by Crippen LogP contribution is 2.17.